The molecule has 2 aromatic carbocycles. The highest BCUT2D eigenvalue weighted by Gasteiger charge is 2.54. The number of nitrogens with one attached hydrogen (secondary N) is 1. The van der Waals surface area contributed by atoms with Crippen LogP contribution in [0.1, 0.15) is 34.3 Å². The fraction of sp³-hybridized carbons (Fsp3) is 0.261. The zero-order valence-corrected chi connectivity index (χ0v) is 15.3. The molecule has 4 atom stereocenters. The summed E-state index contributed by atoms with van der Waals surface area (Å²) in [6.45, 7) is 4.02. The molecule has 1 N–H and O–H groups in total. The molecule has 4 heteroatoms. The van der Waals surface area contributed by atoms with Gasteiger partial charge in [-0.05, 0) is 42.2 Å². The van der Waals surface area contributed by atoms with Gasteiger partial charge in [0.2, 0.25) is 0 Å². The van der Waals surface area contributed by atoms with Crippen molar-refractivity contribution in [2.24, 2.45) is 17.8 Å². The van der Waals surface area contributed by atoms with Crippen LogP contribution < -0.4 is 5.32 Å². The third kappa shape index (κ3) is 2.81. The second kappa shape index (κ2) is 6.62. The van der Waals surface area contributed by atoms with E-state index in [0.717, 1.165) is 11.1 Å². The van der Waals surface area contributed by atoms with Gasteiger partial charge in [-0.25, -0.2) is 0 Å². The zero-order valence-electron chi connectivity index (χ0n) is 15.3. The number of carbonyl (C=O) groups is 3. The van der Waals surface area contributed by atoms with Gasteiger partial charge in [-0.2, -0.15) is 0 Å². The van der Waals surface area contributed by atoms with E-state index in [1.807, 2.05) is 44.2 Å². The van der Waals surface area contributed by atoms with Crippen LogP contribution in [0, 0.1) is 24.7 Å². The normalized spacial score (nSPS) is 26.7. The molecule has 0 unspecified atom stereocenters. The molecule has 2 aromatic rings. The van der Waals surface area contributed by atoms with Gasteiger partial charge in [0.15, 0.2) is 11.6 Å². The molecule has 1 fully saturated rings. The van der Waals surface area contributed by atoms with Crippen LogP contribution >= 0.6 is 0 Å². The second-order valence-corrected chi connectivity index (χ2v) is 7.41. The molecule has 4 rings (SSSR count). The average Bonchev–Trinajstić information content (AvgIpc) is 2.85. The molecular weight excluding hydrogens is 338 g/mol. The summed E-state index contributed by atoms with van der Waals surface area (Å²) in [5.41, 5.74) is 2.86. The summed E-state index contributed by atoms with van der Waals surface area (Å²) in [4.78, 5) is 38.4. The Labute approximate surface area is 158 Å². The molecular formula is C23H21NO3. The van der Waals surface area contributed by atoms with Gasteiger partial charge < -0.3 is 5.32 Å². The van der Waals surface area contributed by atoms with Crippen molar-refractivity contribution in [2.45, 2.75) is 19.8 Å². The molecule has 1 saturated carbocycles. The second-order valence-electron chi connectivity index (χ2n) is 7.41. The minimum atomic E-state index is -0.720. The lowest BCUT2D eigenvalue weighted by atomic mass is 9.80. The lowest BCUT2D eigenvalue weighted by Crippen LogP contribution is -2.37. The molecule has 0 saturated heterocycles. The van der Waals surface area contributed by atoms with Gasteiger partial charge in [0.25, 0.3) is 5.91 Å². The van der Waals surface area contributed by atoms with E-state index < -0.39 is 5.92 Å². The van der Waals surface area contributed by atoms with Crippen molar-refractivity contribution < 1.29 is 14.4 Å². The SMILES string of the molecule is Cc1ccccc1[C@H]1[C@H]2C(=O)C(NC(=O)c3ccccc3)=C[C@H](C2=O)[C@@H]1C. The molecule has 2 aliphatic carbocycles. The molecule has 0 aliphatic heterocycles. The van der Waals surface area contributed by atoms with Crippen LogP contribution in [0.3, 0.4) is 0 Å². The van der Waals surface area contributed by atoms with E-state index in [9.17, 15) is 14.4 Å². The maximum Gasteiger partial charge on any atom is 0.255 e. The smallest absolute Gasteiger partial charge is 0.255 e. The van der Waals surface area contributed by atoms with E-state index in [2.05, 4.69) is 5.32 Å². The van der Waals surface area contributed by atoms with Gasteiger partial charge in [-0.3, -0.25) is 14.4 Å². The van der Waals surface area contributed by atoms with Crippen molar-refractivity contribution >= 4 is 17.5 Å². The number of hydrogen-bond donors (Lipinski definition) is 1. The molecule has 4 nitrogen and oxygen atoms in total. The number of carbonyl (C=O) groups excluding carboxylic acids is 3. The number of rotatable bonds is 3. The van der Waals surface area contributed by atoms with Crippen LogP contribution in [-0.2, 0) is 9.59 Å². The summed E-state index contributed by atoms with van der Waals surface area (Å²) >= 11 is 0. The summed E-state index contributed by atoms with van der Waals surface area (Å²) in [6, 6.07) is 16.7. The third-order valence-electron chi connectivity index (χ3n) is 5.85. The number of ketones is 2. The molecule has 0 spiro atoms. The molecule has 2 bridgehead atoms. The summed E-state index contributed by atoms with van der Waals surface area (Å²) in [5.74, 6) is -1.84. The predicted molar refractivity (Wildman–Crippen MR) is 102 cm³/mol. The van der Waals surface area contributed by atoms with Crippen LogP contribution in [0.15, 0.2) is 66.4 Å². The molecule has 136 valence electrons. The standard InChI is InChI=1S/C23H21NO3/c1-13-8-6-7-11-16(13)19-14(2)17-12-18(22(26)20(19)21(17)25)24-23(27)15-9-4-3-5-10-15/h3-12,14,17,19-20H,1-2H3,(H,24,27)/t14-,17-,19-,20+/m0/s1. The van der Waals surface area contributed by atoms with Crippen LogP contribution in [0.5, 0.6) is 0 Å². The number of Topliss-reactive ketones (excluding diaryl/α,β-unsaturated/α-hetero) is 2. The molecule has 0 aromatic heterocycles. The average molecular weight is 359 g/mol. The van der Waals surface area contributed by atoms with Crippen LogP contribution in [0.4, 0.5) is 0 Å². The quantitative estimate of drug-likeness (QED) is 0.854. The minimum Gasteiger partial charge on any atom is -0.319 e. The fourth-order valence-electron chi connectivity index (χ4n) is 4.44. The number of hydrogen-bond acceptors (Lipinski definition) is 3. The Hall–Kier alpha value is -3.01. The first kappa shape index (κ1) is 17.4. The Bertz CT molecular complexity index is 961. The molecule has 0 heterocycles. The Morgan fingerprint density at radius 2 is 1.63 bits per heavy atom. The van der Waals surface area contributed by atoms with E-state index in [0.29, 0.717) is 5.56 Å². The molecule has 27 heavy (non-hydrogen) atoms. The van der Waals surface area contributed by atoms with Gasteiger partial charge in [-0.15, -0.1) is 0 Å². The van der Waals surface area contributed by atoms with Gasteiger partial charge in [0, 0.05) is 17.4 Å². The zero-order chi connectivity index (χ0) is 19.1. The number of fused-ring (bicyclic) bond motifs is 2. The van der Waals surface area contributed by atoms with Gasteiger partial charge in [0.05, 0.1) is 11.6 Å². The topological polar surface area (TPSA) is 63.2 Å². The highest BCUT2D eigenvalue weighted by atomic mass is 16.2. The summed E-state index contributed by atoms with van der Waals surface area (Å²) in [7, 11) is 0. The van der Waals surface area contributed by atoms with E-state index in [-0.39, 0.29) is 40.9 Å². The maximum atomic E-state index is 13.1. The monoisotopic (exact) mass is 359 g/mol. The van der Waals surface area contributed by atoms with E-state index in [1.165, 1.54) is 0 Å². The van der Waals surface area contributed by atoms with Gasteiger partial charge in [0.1, 0.15) is 0 Å². The van der Waals surface area contributed by atoms with Crippen molar-refractivity contribution in [2.75, 3.05) is 0 Å². The summed E-state index contributed by atoms with van der Waals surface area (Å²) in [6.07, 6.45) is 1.66. The predicted octanol–water partition coefficient (Wildman–Crippen LogP) is 3.43. The lowest BCUT2D eigenvalue weighted by molar-refractivity contribution is -0.131. The summed E-state index contributed by atoms with van der Waals surface area (Å²) in [5, 5.41) is 2.73. The highest BCUT2D eigenvalue weighted by molar-refractivity contribution is 6.18. The highest BCUT2D eigenvalue weighted by Crippen LogP contribution is 2.50. The van der Waals surface area contributed by atoms with Crippen LogP contribution in [-0.4, -0.2) is 17.5 Å². The van der Waals surface area contributed by atoms with Crippen molar-refractivity contribution in [1.82, 2.24) is 5.32 Å². The van der Waals surface area contributed by atoms with E-state index in [4.69, 9.17) is 0 Å². The number of amides is 1. The lowest BCUT2D eigenvalue weighted by Gasteiger charge is -2.23. The molecule has 1 amide bonds. The Balaban J connectivity index is 1.66. The molecule has 2 aliphatic rings. The maximum absolute atomic E-state index is 13.1. The first-order chi connectivity index (χ1) is 13.0. The Kier molecular flexibility index (Phi) is 4.27. The van der Waals surface area contributed by atoms with Crippen molar-refractivity contribution in [3.63, 3.8) is 0 Å². The van der Waals surface area contributed by atoms with Gasteiger partial charge >= 0.3 is 0 Å². The number of aryl methyl sites for hydroxylation is 1. The Morgan fingerprint density at radius 3 is 2.33 bits per heavy atom. The van der Waals surface area contributed by atoms with E-state index in [1.54, 1.807) is 30.3 Å². The Morgan fingerprint density at radius 1 is 0.963 bits per heavy atom. The number of allylic oxidation sites excluding steroid dienone is 2. The van der Waals surface area contributed by atoms with Gasteiger partial charge in [-0.1, -0.05) is 49.4 Å². The first-order valence-electron chi connectivity index (χ1n) is 9.20. The fourth-order valence-corrected chi connectivity index (χ4v) is 4.44. The van der Waals surface area contributed by atoms with Crippen LogP contribution in [0.2, 0.25) is 0 Å². The molecule has 0 radical (unpaired) electrons. The largest absolute Gasteiger partial charge is 0.319 e. The van der Waals surface area contributed by atoms with Crippen molar-refractivity contribution in [1.29, 1.82) is 0 Å². The minimum absolute atomic E-state index is 0.0127. The number of benzene rings is 2. The third-order valence-corrected chi connectivity index (χ3v) is 5.85. The van der Waals surface area contributed by atoms with Crippen LogP contribution in [0.25, 0.3) is 0 Å². The summed E-state index contributed by atoms with van der Waals surface area (Å²) < 4.78 is 0. The van der Waals surface area contributed by atoms with Crippen molar-refractivity contribution in [3.8, 4) is 0 Å². The first-order valence-corrected chi connectivity index (χ1v) is 9.20. The van der Waals surface area contributed by atoms with E-state index >= 15 is 0 Å². The van der Waals surface area contributed by atoms with Crippen molar-refractivity contribution in [3.05, 3.63) is 83.1 Å².